The first kappa shape index (κ1) is 11.3. The van der Waals surface area contributed by atoms with Gasteiger partial charge in [-0.25, -0.2) is 0 Å². The third kappa shape index (κ3) is 3.13. The maximum absolute atomic E-state index is 5.74. The summed E-state index contributed by atoms with van der Waals surface area (Å²) in [7, 11) is 0. The zero-order chi connectivity index (χ0) is 12.2. The molecule has 2 aromatic rings. The summed E-state index contributed by atoms with van der Waals surface area (Å²) in [6.07, 6.45) is 3.67. The van der Waals surface area contributed by atoms with Crippen LogP contribution in [0.2, 0.25) is 0 Å². The normalized spacial score (nSPS) is 14.4. The molecule has 0 heterocycles. The van der Waals surface area contributed by atoms with Crippen LogP contribution in [0, 0.1) is 5.92 Å². The van der Waals surface area contributed by atoms with Gasteiger partial charge in [0.1, 0.15) is 5.75 Å². The fourth-order valence-corrected chi connectivity index (χ4v) is 2.03. The van der Waals surface area contributed by atoms with Gasteiger partial charge in [-0.2, -0.15) is 0 Å². The SMILES string of the molecule is c1ccc(Cc2ccc(OCC3CC3)cc2)cc1. The van der Waals surface area contributed by atoms with Crippen molar-refractivity contribution in [1.82, 2.24) is 0 Å². The molecule has 0 aliphatic heterocycles. The van der Waals surface area contributed by atoms with Crippen LogP contribution in [-0.4, -0.2) is 6.61 Å². The van der Waals surface area contributed by atoms with Gasteiger partial charge in [0.15, 0.2) is 0 Å². The first-order valence-corrected chi connectivity index (χ1v) is 6.66. The zero-order valence-corrected chi connectivity index (χ0v) is 10.5. The molecule has 1 nitrogen and oxygen atoms in total. The highest BCUT2D eigenvalue weighted by Crippen LogP contribution is 2.29. The van der Waals surface area contributed by atoms with E-state index < -0.39 is 0 Å². The second-order valence-corrected chi connectivity index (χ2v) is 5.06. The Bertz CT molecular complexity index is 483. The van der Waals surface area contributed by atoms with Gasteiger partial charge in [0, 0.05) is 0 Å². The van der Waals surface area contributed by atoms with E-state index in [1.807, 2.05) is 0 Å². The van der Waals surface area contributed by atoms with E-state index in [1.54, 1.807) is 0 Å². The summed E-state index contributed by atoms with van der Waals surface area (Å²) < 4.78 is 5.74. The second-order valence-electron chi connectivity index (χ2n) is 5.06. The molecular formula is C17H18O. The first-order chi connectivity index (χ1) is 8.90. The minimum Gasteiger partial charge on any atom is -0.493 e. The Labute approximate surface area is 108 Å². The average molecular weight is 238 g/mol. The molecule has 3 rings (SSSR count). The van der Waals surface area contributed by atoms with E-state index >= 15 is 0 Å². The molecule has 1 saturated carbocycles. The minimum atomic E-state index is 0.814. The van der Waals surface area contributed by atoms with Crippen LogP contribution in [0.3, 0.4) is 0 Å². The summed E-state index contributed by atoms with van der Waals surface area (Å²) in [5.41, 5.74) is 2.68. The molecule has 18 heavy (non-hydrogen) atoms. The van der Waals surface area contributed by atoms with Crippen LogP contribution in [0.1, 0.15) is 24.0 Å². The van der Waals surface area contributed by atoms with Gasteiger partial charge in [-0.1, -0.05) is 42.5 Å². The quantitative estimate of drug-likeness (QED) is 0.763. The lowest BCUT2D eigenvalue weighted by atomic mass is 10.1. The minimum absolute atomic E-state index is 0.814. The molecule has 0 spiro atoms. The number of rotatable bonds is 5. The van der Waals surface area contributed by atoms with Gasteiger partial charge in [-0.05, 0) is 48.4 Å². The fraction of sp³-hybridized carbons (Fsp3) is 0.294. The molecule has 0 saturated heterocycles. The third-order valence-electron chi connectivity index (χ3n) is 3.36. The maximum Gasteiger partial charge on any atom is 0.119 e. The van der Waals surface area contributed by atoms with E-state index in [-0.39, 0.29) is 0 Å². The van der Waals surface area contributed by atoms with E-state index in [0.29, 0.717) is 0 Å². The van der Waals surface area contributed by atoms with Crippen molar-refractivity contribution in [3.05, 3.63) is 65.7 Å². The largest absolute Gasteiger partial charge is 0.493 e. The van der Waals surface area contributed by atoms with Crippen molar-refractivity contribution < 1.29 is 4.74 Å². The second kappa shape index (κ2) is 5.26. The molecule has 0 atom stereocenters. The fourth-order valence-electron chi connectivity index (χ4n) is 2.03. The van der Waals surface area contributed by atoms with Crippen LogP contribution in [-0.2, 0) is 6.42 Å². The summed E-state index contributed by atoms with van der Waals surface area (Å²) in [6.45, 7) is 0.887. The van der Waals surface area contributed by atoms with Gasteiger partial charge in [0.2, 0.25) is 0 Å². The summed E-state index contributed by atoms with van der Waals surface area (Å²) in [4.78, 5) is 0. The summed E-state index contributed by atoms with van der Waals surface area (Å²) >= 11 is 0. The number of hydrogen-bond donors (Lipinski definition) is 0. The van der Waals surface area contributed by atoms with Crippen molar-refractivity contribution in [2.24, 2.45) is 5.92 Å². The van der Waals surface area contributed by atoms with E-state index in [1.165, 1.54) is 24.0 Å². The van der Waals surface area contributed by atoms with Crippen LogP contribution < -0.4 is 4.74 Å². The van der Waals surface area contributed by atoms with Crippen molar-refractivity contribution >= 4 is 0 Å². The van der Waals surface area contributed by atoms with E-state index in [9.17, 15) is 0 Å². The lowest BCUT2D eigenvalue weighted by Crippen LogP contribution is -1.98. The van der Waals surface area contributed by atoms with Crippen LogP contribution in [0.5, 0.6) is 5.75 Å². The predicted molar refractivity (Wildman–Crippen MR) is 73.9 cm³/mol. The molecule has 2 aromatic carbocycles. The molecule has 0 N–H and O–H groups in total. The Kier molecular flexibility index (Phi) is 3.31. The first-order valence-electron chi connectivity index (χ1n) is 6.66. The molecule has 92 valence electrons. The van der Waals surface area contributed by atoms with Crippen molar-refractivity contribution in [2.45, 2.75) is 19.3 Å². The third-order valence-corrected chi connectivity index (χ3v) is 3.36. The maximum atomic E-state index is 5.74. The number of benzene rings is 2. The molecule has 0 amide bonds. The van der Waals surface area contributed by atoms with E-state index in [0.717, 1.165) is 24.7 Å². The Balaban J connectivity index is 1.59. The van der Waals surface area contributed by atoms with Crippen molar-refractivity contribution in [1.29, 1.82) is 0 Å². The van der Waals surface area contributed by atoms with Crippen LogP contribution in [0.25, 0.3) is 0 Å². The standard InChI is InChI=1S/C17H18O/c1-2-4-14(5-3-1)12-15-8-10-17(11-9-15)18-13-16-6-7-16/h1-5,8-11,16H,6-7,12-13H2. The van der Waals surface area contributed by atoms with E-state index in [4.69, 9.17) is 4.74 Å². The Morgan fingerprint density at radius 1 is 0.833 bits per heavy atom. The highest BCUT2D eigenvalue weighted by Gasteiger charge is 2.21. The highest BCUT2D eigenvalue weighted by atomic mass is 16.5. The number of hydrogen-bond acceptors (Lipinski definition) is 1. The molecular weight excluding hydrogens is 220 g/mol. The smallest absolute Gasteiger partial charge is 0.119 e. The zero-order valence-electron chi connectivity index (χ0n) is 10.5. The predicted octanol–water partition coefficient (Wildman–Crippen LogP) is 4.07. The molecule has 1 heteroatoms. The van der Waals surface area contributed by atoms with E-state index in [2.05, 4.69) is 54.6 Å². The number of ether oxygens (including phenoxy) is 1. The monoisotopic (exact) mass is 238 g/mol. The van der Waals surface area contributed by atoms with Crippen LogP contribution in [0.4, 0.5) is 0 Å². The Hall–Kier alpha value is -1.76. The summed E-state index contributed by atoms with van der Waals surface area (Å²) in [5, 5.41) is 0. The summed E-state index contributed by atoms with van der Waals surface area (Å²) in [6, 6.07) is 19.0. The van der Waals surface area contributed by atoms with Crippen molar-refractivity contribution in [3.63, 3.8) is 0 Å². The Morgan fingerprint density at radius 2 is 1.50 bits per heavy atom. The molecule has 1 aliphatic carbocycles. The van der Waals surface area contributed by atoms with Crippen molar-refractivity contribution in [2.75, 3.05) is 6.61 Å². The van der Waals surface area contributed by atoms with Gasteiger partial charge in [-0.3, -0.25) is 0 Å². The van der Waals surface area contributed by atoms with Gasteiger partial charge in [-0.15, -0.1) is 0 Å². The summed E-state index contributed by atoms with van der Waals surface area (Å²) in [5.74, 6) is 1.81. The molecule has 0 bridgehead atoms. The lowest BCUT2D eigenvalue weighted by molar-refractivity contribution is 0.299. The van der Waals surface area contributed by atoms with Gasteiger partial charge in [0.05, 0.1) is 6.61 Å². The molecule has 0 aromatic heterocycles. The van der Waals surface area contributed by atoms with Gasteiger partial charge in [0.25, 0.3) is 0 Å². The lowest BCUT2D eigenvalue weighted by Gasteiger charge is -2.06. The van der Waals surface area contributed by atoms with Crippen LogP contribution >= 0.6 is 0 Å². The topological polar surface area (TPSA) is 9.23 Å². The van der Waals surface area contributed by atoms with Gasteiger partial charge < -0.3 is 4.74 Å². The van der Waals surface area contributed by atoms with Crippen LogP contribution in [0.15, 0.2) is 54.6 Å². The highest BCUT2D eigenvalue weighted by molar-refractivity contribution is 5.31. The molecule has 0 unspecified atom stereocenters. The average Bonchev–Trinajstić information content (AvgIpc) is 3.23. The molecule has 1 fully saturated rings. The molecule has 1 aliphatic rings. The molecule has 0 radical (unpaired) electrons. The van der Waals surface area contributed by atoms with Gasteiger partial charge >= 0.3 is 0 Å². The Morgan fingerprint density at radius 3 is 2.17 bits per heavy atom. The van der Waals surface area contributed by atoms with Crippen molar-refractivity contribution in [3.8, 4) is 5.75 Å².